The second-order valence-electron chi connectivity index (χ2n) is 4.07. The number of aromatic nitrogens is 1. The average Bonchev–Trinajstić information content (AvgIpc) is 2.71. The molecule has 0 radical (unpaired) electrons. The van der Waals surface area contributed by atoms with Gasteiger partial charge in [0, 0.05) is 25.2 Å². The Morgan fingerprint density at radius 2 is 2.11 bits per heavy atom. The summed E-state index contributed by atoms with van der Waals surface area (Å²) in [4.78, 5) is 38.5. The summed E-state index contributed by atoms with van der Waals surface area (Å²) in [6.07, 6.45) is 0.885. The lowest BCUT2D eigenvalue weighted by atomic mass is 10.1. The van der Waals surface area contributed by atoms with Crippen LogP contribution in [0.15, 0.2) is 12.3 Å². The van der Waals surface area contributed by atoms with Gasteiger partial charge in [0.2, 0.25) is 5.91 Å². The quantitative estimate of drug-likeness (QED) is 0.797. The minimum atomic E-state index is -1.26. The van der Waals surface area contributed by atoms with Crippen LogP contribution in [0.25, 0.3) is 0 Å². The van der Waals surface area contributed by atoms with Crippen molar-refractivity contribution in [3.63, 3.8) is 0 Å². The first-order valence-corrected chi connectivity index (χ1v) is 5.70. The van der Waals surface area contributed by atoms with Crippen molar-refractivity contribution in [1.82, 2.24) is 4.98 Å². The zero-order chi connectivity index (χ0) is 14.2. The van der Waals surface area contributed by atoms with E-state index in [1.54, 1.807) is 0 Å². The van der Waals surface area contributed by atoms with Crippen LogP contribution in [-0.2, 0) is 9.59 Å². The summed E-state index contributed by atoms with van der Waals surface area (Å²) < 4.78 is 0. The summed E-state index contributed by atoms with van der Waals surface area (Å²) in [5.41, 5.74) is -0.120. The number of anilines is 1. The summed E-state index contributed by atoms with van der Waals surface area (Å²) in [6.45, 7) is -0.0746. The Hall–Kier alpha value is -2.15. The van der Waals surface area contributed by atoms with E-state index in [4.69, 9.17) is 21.8 Å². The van der Waals surface area contributed by atoms with Crippen molar-refractivity contribution in [3.8, 4) is 0 Å². The number of aromatic carboxylic acids is 1. The number of carbonyl (C=O) groups is 3. The monoisotopic (exact) mass is 284 g/mol. The Balaban J connectivity index is 2.42. The van der Waals surface area contributed by atoms with Crippen molar-refractivity contribution < 1.29 is 24.6 Å². The normalized spacial score (nSPS) is 18.7. The molecule has 1 saturated heterocycles. The van der Waals surface area contributed by atoms with Crippen LogP contribution in [0, 0.1) is 5.92 Å². The summed E-state index contributed by atoms with van der Waals surface area (Å²) in [7, 11) is 0. The highest BCUT2D eigenvalue weighted by molar-refractivity contribution is 6.30. The van der Waals surface area contributed by atoms with Crippen LogP contribution in [-0.4, -0.2) is 39.6 Å². The van der Waals surface area contributed by atoms with Crippen molar-refractivity contribution in [2.75, 3.05) is 11.4 Å². The number of hydrogen-bond donors (Lipinski definition) is 2. The minimum Gasteiger partial charge on any atom is -0.481 e. The maximum atomic E-state index is 11.8. The maximum Gasteiger partial charge on any atom is 0.339 e. The van der Waals surface area contributed by atoms with E-state index in [0.717, 1.165) is 11.1 Å². The molecule has 2 rings (SSSR count). The van der Waals surface area contributed by atoms with Crippen LogP contribution >= 0.6 is 11.6 Å². The fourth-order valence-corrected chi connectivity index (χ4v) is 2.07. The average molecular weight is 285 g/mol. The van der Waals surface area contributed by atoms with E-state index < -0.39 is 23.8 Å². The van der Waals surface area contributed by atoms with Crippen molar-refractivity contribution in [3.05, 3.63) is 23.0 Å². The van der Waals surface area contributed by atoms with Gasteiger partial charge in [-0.25, -0.2) is 9.78 Å². The molecular formula is C11H9ClN2O5. The third-order valence-electron chi connectivity index (χ3n) is 2.84. The van der Waals surface area contributed by atoms with Gasteiger partial charge in [0.05, 0.1) is 11.6 Å². The number of aliphatic carboxylic acids is 1. The predicted octanol–water partition coefficient (Wildman–Crippen LogP) is 0.871. The smallest absolute Gasteiger partial charge is 0.339 e. The molecule has 1 aromatic heterocycles. The van der Waals surface area contributed by atoms with Crippen LogP contribution in [0.5, 0.6) is 0 Å². The predicted molar refractivity (Wildman–Crippen MR) is 64.3 cm³/mol. The highest BCUT2D eigenvalue weighted by Crippen LogP contribution is 2.29. The van der Waals surface area contributed by atoms with E-state index in [9.17, 15) is 14.4 Å². The topological polar surface area (TPSA) is 108 Å². The molecule has 7 nitrogen and oxygen atoms in total. The summed E-state index contributed by atoms with van der Waals surface area (Å²) in [5, 5.41) is 18.0. The first kappa shape index (κ1) is 13.3. The Morgan fingerprint density at radius 3 is 2.63 bits per heavy atom. The van der Waals surface area contributed by atoms with Gasteiger partial charge in [0.15, 0.2) is 0 Å². The number of nitrogens with zero attached hydrogens (tertiary/aromatic N) is 2. The standard InChI is InChI=1S/C11H9ClN2O5/c12-8-2-7(6(3-13-8)11(18)19)14-4-5(10(16)17)1-9(14)15/h2-3,5H,1,4H2,(H,16,17)(H,18,19). The van der Waals surface area contributed by atoms with Gasteiger partial charge in [-0.05, 0) is 0 Å². The van der Waals surface area contributed by atoms with Gasteiger partial charge in [-0.2, -0.15) is 0 Å². The molecule has 1 atom stereocenters. The fourth-order valence-electron chi connectivity index (χ4n) is 1.91. The molecule has 1 unspecified atom stereocenters. The summed E-state index contributed by atoms with van der Waals surface area (Å²) in [6, 6.07) is 1.24. The van der Waals surface area contributed by atoms with Crippen LogP contribution in [0.1, 0.15) is 16.8 Å². The fraction of sp³-hybridized carbons (Fsp3) is 0.273. The van der Waals surface area contributed by atoms with E-state index in [2.05, 4.69) is 4.98 Å². The first-order chi connectivity index (χ1) is 8.90. The van der Waals surface area contributed by atoms with Gasteiger partial charge < -0.3 is 15.1 Å². The molecule has 0 spiro atoms. The van der Waals surface area contributed by atoms with E-state index in [1.165, 1.54) is 6.07 Å². The van der Waals surface area contributed by atoms with Crippen molar-refractivity contribution >= 4 is 35.1 Å². The molecule has 1 aliphatic heterocycles. The number of carboxylic acid groups (broad SMARTS) is 2. The van der Waals surface area contributed by atoms with E-state index in [1.807, 2.05) is 0 Å². The first-order valence-electron chi connectivity index (χ1n) is 5.32. The molecule has 1 amide bonds. The molecule has 8 heteroatoms. The molecule has 19 heavy (non-hydrogen) atoms. The van der Waals surface area contributed by atoms with E-state index >= 15 is 0 Å². The van der Waals surface area contributed by atoms with Crippen LogP contribution < -0.4 is 4.90 Å². The second kappa shape index (κ2) is 4.85. The Kier molecular flexibility index (Phi) is 3.39. The van der Waals surface area contributed by atoms with Gasteiger partial charge in [-0.15, -0.1) is 0 Å². The molecule has 2 heterocycles. The van der Waals surface area contributed by atoms with Crippen LogP contribution in [0.4, 0.5) is 5.69 Å². The molecule has 0 bridgehead atoms. The van der Waals surface area contributed by atoms with Gasteiger partial charge >= 0.3 is 11.9 Å². The van der Waals surface area contributed by atoms with Crippen molar-refractivity contribution in [2.24, 2.45) is 5.92 Å². The number of pyridine rings is 1. The number of amides is 1. The zero-order valence-corrected chi connectivity index (χ0v) is 10.3. The lowest BCUT2D eigenvalue weighted by molar-refractivity contribution is -0.141. The van der Waals surface area contributed by atoms with Crippen molar-refractivity contribution in [2.45, 2.75) is 6.42 Å². The molecule has 100 valence electrons. The zero-order valence-electron chi connectivity index (χ0n) is 9.54. The minimum absolute atomic E-state index is 0.0339. The number of carboxylic acids is 2. The van der Waals surface area contributed by atoms with E-state index in [0.29, 0.717) is 0 Å². The number of halogens is 1. The van der Waals surface area contributed by atoms with Gasteiger partial charge in [-0.1, -0.05) is 11.6 Å². The highest BCUT2D eigenvalue weighted by atomic mass is 35.5. The number of carbonyl (C=O) groups excluding carboxylic acids is 1. The maximum absolute atomic E-state index is 11.8. The SMILES string of the molecule is O=C(O)c1cnc(Cl)cc1N1CC(C(=O)O)CC1=O. The third-order valence-corrected chi connectivity index (χ3v) is 3.05. The lowest BCUT2D eigenvalue weighted by Gasteiger charge is -2.18. The third kappa shape index (κ3) is 2.50. The molecule has 1 aliphatic rings. The largest absolute Gasteiger partial charge is 0.481 e. The number of rotatable bonds is 3. The summed E-state index contributed by atoms with van der Waals surface area (Å²) in [5.74, 6) is -3.64. The molecular weight excluding hydrogens is 276 g/mol. The molecule has 2 N–H and O–H groups in total. The van der Waals surface area contributed by atoms with Crippen LogP contribution in [0.2, 0.25) is 5.15 Å². The van der Waals surface area contributed by atoms with Crippen LogP contribution in [0.3, 0.4) is 0 Å². The Morgan fingerprint density at radius 1 is 1.42 bits per heavy atom. The lowest BCUT2D eigenvalue weighted by Crippen LogP contribution is -2.27. The molecule has 1 aromatic rings. The van der Waals surface area contributed by atoms with E-state index in [-0.39, 0.29) is 29.4 Å². The molecule has 1 fully saturated rings. The second-order valence-corrected chi connectivity index (χ2v) is 4.46. The molecule has 0 aliphatic carbocycles. The molecule has 0 saturated carbocycles. The van der Waals surface area contributed by atoms with Gasteiger partial charge in [-0.3, -0.25) is 9.59 Å². The summed E-state index contributed by atoms with van der Waals surface area (Å²) >= 11 is 5.69. The number of hydrogen-bond acceptors (Lipinski definition) is 4. The Labute approximate surface area is 112 Å². The van der Waals surface area contributed by atoms with Crippen molar-refractivity contribution in [1.29, 1.82) is 0 Å². The molecule has 0 aromatic carbocycles. The van der Waals surface area contributed by atoms with Gasteiger partial charge in [0.25, 0.3) is 0 Å². The highest BCUT2D eigenvalue weighted by Gasteiger charge is 2.36. The Bertz CT molecular complexity index is 574. The van der Waals surface area contributed by atoms with Gasteiger partial charge in [0.1, 0.15) is 10.7 Å².